The first kappa shape index (κ1) is 12.3. The van der Waals surface area contributed by atoms with E-state index in [1.165, 1.54) is 12.8 Å². The molecule has 1 heterocycles. The first-order chi connectivity index (χ1) is 7.57. The van der Waals surface area contributed by atoms with Crippen molar-refractivity contribution >= 4 is 0 Å². The number of hydrogen-bond acceptors (Lipinski definition) is 3. The van der Waals surface area contributed by atoms with Crippen molar-refractivity contribution in [1.82, 2.24) is 4.90 Å². The number of hydrogen-bond donors (Lipinski definition) is 2. The van der Waals surface area contributed by atoms with E-state index < -0.39 is 5.60 Å². The number of nitrogens with zero attached hydrogens (tertiary/aromatic N) is 1. The van der Waals surface area contributed by atoms with Crippen molar-refractivity contribution in [2.24, 2.45) is 11.7 Å². The van der Waals surface area contributed by atoms with Gasteiger partial charge in [0, 0.05) is 12.6 Å². The Morgan fingerprint density at radius 2 is 1.75 bits per heavy atom. The number of nitrogens with two attached hydrogens (primary N) is 1. The maximum absolute atomic E-state index is 10.5. The summed E-state index contributed by atoms with van der Waals surface area (Å²) in [5, 5.41) is 10.5. The molecule has 1 saturated carbocycles. The van der Waals surface area contributed by atoms with E-state index in [0.29, 0.717) is 6.04 Å². The Kier molecular flexibility index (Phi) is 3.88. The third-order valence-corrected chi connectivity index (χ3v) is 4.36. The molecule has 0 radical (unpaired) electrons. The largest absolute Gasteiger partial charge is 0.389 e. The summed E-state index contributed by atoms with van der Waals surface area (Å²) < 4.78 is 0. The van der Waals surface area contributed by atoms with Gasteiger partial charge in [-0.3, -0.25) is 0 Å². The third kappa shape index (κ3) is 3.19. The minimum Gasteiger partial charge on any atom is -0.389 e. The second kappa shape index (κ2) is 5.03. The third-order valence-electron chi connectivity index (χ3n) is 4.36. The van der Waals surface area contributed by atoms with Gasteiger partial charge in [0.2, 0.25) is 0 Å². The number of rotatable bonds is 2. The van der Waals surface area contributed by atoms with Gasteiger partial charge in [0.05, 0.1) is 5.60 Å². The van der Waals surface area contributed by atoms with E-state index in [0.717, 1.165) is 51.2 Å². The van der Waals surface area contributed by atoms with Gasteiger partial charge in [-0.15, -0.1) is 0 Å². The second-order valence-electron chi connectivity index (χ2n) is 6.02. The summed E-state index contributed by atoms with van der Waals surface area (Å²) in [6.45, 7) is 5.30. The predicted molar refractivity (Wildman–Crippen MR) is 66.2 cm³/mol. The highest BCUT2D eigenvalue weighted by molar-refractivity contribution is 4.88. The first-order valence-electron chi connectivity index (χ1n) is 6.78. The van der Waals surface area contributed by atoms with E-state index in [4.69, 9.17) is 5.73 Å². The summed E-state index contributed by atoms with van der Waals surface area (Å²) in [6.07, 6.45) is 6.51. The normalized spacial score (nSPS) is 38.8. The minimum atomic E-state index is -0.409. The SMILES string of the molecule is CC1CCC(O)(CN2CCC(N)CC2)CC1. The lowest BCUT2D eigenvalue weighted by Gasteiger charge is -2.40. The van der Waals surface area contributed by atoms with Crippen molar-refractivity contribution in [3.63, 3.8) is 0 Å². The van der Waals surface area contributed by atoms with Crippen LogP contribution in [0.15, 0.2) is 0 Å². The quantitative estimate of drug-likeness (QED) is 0.747. The zero-order valence-corrected chi connectivity index (χ0v) is 10.5. The smallest absolute Gasteiger partial charge is 0.0774 e. The molecule has 0 atom stereocenters. The van der Waals surface area contributed by atoms with Crippen LogP contribution < -0.4 is 5.73 Å². The van der Waals surface area contributed by atoms with Crippen LogP contribution in [0, 0.1) is 5.92 Å². The Labute approximate surface area is 99.0 Å². The molecular formula is C13H26N2O. The average Bonchev–Trinajstić information content (AvgIpc) is 2.27. The van der Waals surface area contributed by atoms with Gasteiger partial charge in [0.15, 0.2) is 0 Å². The van der Waals surface area contributed by atoms with Gasteiger partial charge in [0.1, 0.15) is 0 Å². The molecule has 0 unspecified atom stereocenters. The van der Waals surface area contributed by atoms with Crippen LogP contribution >= 0.6 is 0 Å². The summed E-state index contributed by atoms with van der Waals surface area (Å²) in [5.41, 5.74) is 5.48. The van der Waals surface area contributed by atoms with Gasteiger partial charge < -0.3 is 15.7 Å². The summed E-state index contributed by atoms with van der Waals surface area (Å²) >= 11 is 0. The number of β-amino-alcohol motifs (C(OH)–C–C–N with tert-alkyl or cyclic N) is 1. The van der Waals surface area contributed by atoms with E-state index in [2.05, 4.69) is 11.8 Å². The lowest BCUT2D eigenvalue weighted by Crippen LogP contribution is -2.49. The maximum atomic E-state index is 10.5. The minimum absolute atomic E-state index is 0.386. The number of piperidine rings is 1. The molecule has 1 saturated heterocycles. The molecule has 3 N–H and O–H groups in total. The monoisotopic (exact) mass is 226 g/mol. The van der Waals surface area contributed by atoms with Crippen molar-refractivity contribution in [3.05, 3.63) is 0 Å². The molecule has 2 aliphatic rings. The highest BCUT2D eigenvalue weighted by Crippen LogP contribution is 2.32. The number of aliphatic hydroxyl groups is 1. The van der Waals surface area contributed by atoms with E-state index in [1.54, 1.807) is 0 Å². The fourth-order valence-electron chi connectivity index (χ4n) is 2.98. The lowest BCUT2D eigenvalue weighted by atomic mass is 9.79. The Hall–Kier alpha value is -0.120. The van der Waals surface area contributed by atoms with Gasteiger partial charge in [-0.2, -0.15) is 0 Å². The number of likely N-dealkylation sites (tertiary alicyclic amines) is 1. The highest BCUT2D eigenvalue weighted by Gasteiger charge is 2.34. The molecule has 3 heteroatoms. The van der Waals surface area contributed by atoms with Crippen molar-refractivity contribution in [2.45, 2.75) is 57.1 Å². The van der Waals surface area contributed by atoms with E-state index in [-0.39, 0.29) is 0 Å². The Bertz CT molecular complexity index is 216. The molecule has 3 nitrogen and oxygen atoms in total. The molecule has 1 aliphatic carbocycles. The Morgan fingerprint density at radius 3 is 2.31 bits per heavy atom. The maximum Gasteiger partial charge on any atom is 0.0774 e. The van der Waals surface area contributed by atoms with Gasteiger partial charge in [0.25, 0.3) is 0 Å². The average molecular weight is 226 g/mol. The fraction of sp³-hybridized carbons (Fsp3) is 1.00. The van der Waals surface area contributed by atoms with Gasteiger partial charge >= 0.3 is 0 Å². The van der Waals surface area contributed by atoms with Crippen LogP contribution in [0.2, 0.25) is 0 Å². The molecule has 2 rings (SSSR count). The van der Waals surface area contributed by atoms with E-state index in [9.17, 15) is 5.11 Å². The van der Waals surface area contributed by atoms with Crippen LogP contribution in [0.1, 0.15) is 45.4 Å². The van der Waals surface area contributed by atoms with E-state index >= 15 is 0 Å². The van der Waals surface area contributed by atoms with Crippen LogP contribution in [0.3, 0.4) is 0 Å². The fourth-order valence-corrected chi connectivity index (χ4v) is 2.98. The molecule has 2 fully saturated rings. The summed E-state index contributed by atoms with van der Waals surface area (Å²) in [5.74, 6) is 0.801. The zero-order valence-electron chi connectivity index (χ0n) is 10.5. The molecule has 0 aromatic carbocycles. The second-order valence-corrected chi connectivity index (χ2v) is 6.02. The standard InChI is InChI=1S/C13H26N2O/c1-11-2-6-13(16,7-3-11)10-15-8-4-12(14)5-9-15/h11-12,16H,2-10,14H2,1H3. The molecule has 16 heavy (non-hydrogen) atoms. The molecule has 0 amide bonds. The van der Waals surface area contributed by atoms with Crippen molar-refractivity contribution < 1.29 is 5.11 Å². The Balaban J connectivity index is 1.80. The van der Waals surface area contributed by atoms with Crippen molar-refractivity contribution in [2.75, 3.05) is 19.6 Å². The van der Waals surface area contributed by atoms with Gasteiger partial charge in [-0.25, -0.2) is 0 Å². The van der Waals surface area contributed by atoms with E-state index in [1.807, 2.05) is 0 Å². The molecule has 0 aromatic rings. The van der Waals surface area contributed by atoms with Crippen molar-refractivity contribution in [1.29, 1.82) is 0 Å². The van der Waals surface area contributed by atoms with Crippen LogP contribution in [0.4, 0.5) is 0 Å². The van der Waals surface area contributed by atoms with Gasteiger partial charge in [-0.1, -0.05) is 6.92 Å². The lowest BCUT2D eigenvalue weighted by molar-refractivity contribution is -0.0390. The molecule has 0 bridgehead atoms. The summed E-state index contributed by atoms with van der Waals surface area (Å²) in [6, 6.07) is 0.386. The zero-order chi connectivity index (χ0) is 11.6. The van der Waals surface area contributed by atoms with Crippen molar-refractivity contribution in [3.8, 4) is 0 Å². The van der Waals surface area contributed by atoms with Gasteiger partial charge in [-0.05, 0) is 57.5 Å². The molecule has 1 aliphatic heterocycles. The molecule has 94 valence electrons. The van der Waals surface area contributed by atoms with Crippen LogP contribution in [-0.4, -0.2) is 41.3 Å². The first-order valence-corrected chi connectivity index (χ1v) is 6.78. The Morgan fingerprint density at radius 1 is 1.19 bits per heavy atom. The van der Waals surface area contributed by atoms with Crippen LogP contribution in [0.5, 0.6) is 0 Å². The molecular weight excluding hydrogens is 200 g/mol. The molecule has 0 aromatic heterocycles. The molecule has 0 spiro atoms. The summed E-state index contributed by atoms with van der Waals surface area (Å²) in [7, 11) is 0. The predicted octanol–water partition coefficient (Wildman–Crippen LogP) is 1.35. The van der Waals surface area contributed by atoms with Crippen LogP contribution in [-0.2, 0) is 0 Å². The summed E-state index contributed by atoms with van der Waals surface area (Å²) in [4.78, 5) is 2.40. The topological polar surface area (TPSA) is 49.5 Å². The highest BCUT2D eigenvalue weighted by atomic mass is 16.3. The van der Waals surface area contributed by atoms with Crippen LogP contribution in [0.25, 0.3) is 0 Å².